The Morgan fingerprint density at radius 1 is 1.40 bits per heavy atom. The number of likely N-dealkylation sites (tertiary alicyclic amines) is 1. The average molecular weight is 350 g/mol. The summed E-state index contributed by atoms with van der Waals surface area (Å²) < 4.78 is 0.995. The lowest BCUT2D eigenvalue weighted by Crippen LogP contribution is -2.30. The van der Waals surface area contributed by atoms with E-state index in [0.717, 1.165) is 35.0 Å². The molecule has 104 valence electrons. The van der Waals surface area contributed by atoms with Gasteiger partial charge in [0.15, 0.2) is 0 Å². The molecule has 0 radical (unpaired) electrons. The van der Waals surface area contributed by atoms with Gasteiger partial charge in [-0.25, -0.2) is 0 Å². The van der Waals surface area contributed by atoms with Crippen LogP contribution in [-0.2, 0) is 0 Å². The number of carbonyl (C=O) groups is 1. The number of thiophene rings is 1. The number of hydrogen-bond acceptors (Lipinski definition) is 2. The van der Waals surface area contributed by atoms with E-state index in [1.807, 2.05) is 30.0 Å². The van der Waals surface area contributed by atoms with E-state index in [9.17, 15) is 4.79 Å². The Labute approximate surface area is 131 Å². The van der Waals surface area contributed by atoms with E-state index < -0.39 is 0 Å². The van der Waals surface area contributed by atoms with Gasteiger partial charge in [0.2, 0.25) is 0 Å². The maximum Gasteiger partial charge on any atom is 0.254 e. The predicted octanol–water partition coefficient (Wildman–Crippen LogP) is 4.80. The van der Waals surface area contributed by atoms with Crippen molar-refractivity contribution in [1.29, 1.82) is 0 Å². The molecule has 1 saturated heterocycles. The molecule has 1 aliphatic heterocycles. The van der Waals surface area contributed by atoms with Crippen LogP contribution in [0.25, 0.3) is 0 Å². The SMILES string of the molecule is Cc1ccc(C(=O)N2CCCC2c2ccsc2)cc1Br. The highest BCUT2D eigenvalue weighted by Gasteiger charge is 2.30. The average Bonchev–Trinajstić information content (AvgIpc) is 3.10. The summed E-state index contributed by atoms with van der Waals surface area (Å²) in [7, 11) is 0. The lowest BCUT2D eigenvalue weighted by molar-refractivity contribution is 0.0736. The molecule has 0 bridgehead atoms. The second-order valence-electron chi connectivity index (χ2n) is 5.18. The number of amides is 1. The van der Waals surface area contributed by atoms with Crippen LogP contribution in [0.4, 0.5) is 0 Å². The maximum atomic E-state index is 12.7. The van der Waals surface area contributed by atoms with E-state index in [1.54, 1.807) is 11.3 Å². The van der Waals surface area contributed by atoms with Crippen LogP contribution >= 0.6 is 27.3 Å². The van der Waals surface area contributed by atoms with Crippen molar-refractivity contribution >= 4 is 33.2 Å². The first-order valence-electron chi connectivity index (χ1n) is 6.76. The molecule has 1 amide bonds. The maximum absolute atomic E-state index is 12.7. The summed E-state index contributed by atoms with van der Waals surface area (Å²) in [6, 6.07) is 8.22. The number of hydrogen-bond donors (Lipinski definition) is 0. The molecule has 2 aromatic rings. The quantitative estimate of drug-likeness (QED) is 0.762. The van der Waals surface area contributed by atoms with E-state index in [2.05, 4.69) is 32.8 Å². The topological polar surface area (TPSA) is 20.3 Å². The lowest BCUT2D eigenvalue weighted by atomic mass is 10.1. The fraction of sp³-hybridized carbons (Fsp3) is 0.312. The number of nitrogens with zero attached hydrogens (tertiary/aromatic N) is 1. The van der Waals surface area contributed by atoms with Gasteiger partial charge in [-0.2, -0.15) is 11.3 Å². The van der Waals surface area contributed by atoms with Gasteiger partial charge in [-0.1, -0.05) is 22.0 Å². The highest BCUT2D eigenvalue weighted by atomic mass is 79.9. The summed E-state index contributed by atoms with van der Waals surface area (Å²) in [5.74, 6) is 0.138. The summed E-state index contributed by atoms with van der Waals surface area (Å²) in [6.07, 6.45) is 2.15. The van der Waals surface area contributed by atoms with Crippen LogP contribution in [0.15, 0.2) is 39.5 Å². The lowest BCUT2D eigenvalue weighted by Gasteiger charge is -2.24. The number of rotatable bonds is 2. The third-order valence-corrected chi connectivity index (χ3v) is 5.42. The van der Waals surface area contributed by atoms with Crippen LogP contribution in [0, 0.1) is 6.92 Å². The van der Waals surface area contributed by atoms with Crippen LogP contribution in [-0.4, -0.2) is 17.4 Å². The fourth-order valence-electron chi connectivity index (χ4n) is 2.71. The van der Waals surface area contributed by atoms with Crippen molar-refractivity contribution in [3.8, 4) is 0 Å². The minimum absolute atomic E-state index is 0.138. The molecule has 1 aromatic heterocycles. The number of halogens is 1. The minimum Gasteiger partial charge on any atom is -0.332 e. The van der Waals surface area contributed by atoms with Crippen LogP contribution < -0.4 is 0 Å². The van der Waals surface area contributed by atoms with E-state index in [0.29, 0.717) is 0 Å². The van der Waals surface area contributed by atoms with Gasteiger partial charge in [0.1, 0.15) is 0 Å². The molecule has 1 aliphatic rings. The van der Waals surface area contributed by atoms with Crippen LogP contribution in [0.5, 0.6) is 0 Å². The molecule has 1 atom stereocenters. The van der Waals surface area contributed by atoms with E-state index in [1.165, 1.54) is 5.56 Å². The van der Waals surface area contributed by atoms with Gasteiger partial charge in [-0.15, -0.1) is 0 Å². The van der Waals surface area contributed by atoms with Crippen LogP contribution in [0.2, 0.25) is 0 Å². The molecule has 20 heavy (non-hydrogen) atoms. The zero-order chi connectivity index (χ0) is 14.1. The standard InChI is InChI=1S/C16H16BrNOS/c1-11-4-5-12(9-14(11)17)16(19)18-7-2-3-15(18)13-6-8-20-10-13/h4-6,8-10,15H,2-3,7H2,1H3. The zero-order valence-corrected chi connectivity index (χ0v) is 13.7. The summed E-state index contributed by atoms with van der Waals surface area (Å²) in [5.41, 5.74) is 3.19. The Bertz CT molecular complexity index is 623. The molecule has 2 heterocycles. The Balaban J connectivity index is 1.87. The van der Waals surface area contributed by atoms with Gasteiger partial charge in [0.05, 0.1) is 6.04 Å². The molecule has 0 saturated carbocycles. The monoisotopic (exact) mass is 349 g/mol. The van der Waals surface area contributed by atoms with Crippen LogP contribution in [0.1, 0.15) is 40.4 Å². The second-order valence-corrected chi connectivity index (χ2v) is 6.81. The summed E-state index contributed by atoms with van der Waals surface area (Å²) in [5, 5.41) is 4.24. The molecular weight excluding hydrogens is 334 g/mol. The first kappa shape index (κ1) is 13.8. The molecule has 0 N–H and O–H groups in total. The summed E-state index contributed by atoms with van der Waals surface area (Å²) in [6.45, 7) is 2.88. The minimum atomic E-state index is 0.138. The third kappa shape index (κ3) is 2.54. The molecule has 0 spiro atoms. The third-order valence-electron chi connectivity index (χ3n) is 3.86. The Morgan fingerprint density at radius 3 is 2.95 bits per heavy atom. The number of carbonyl (C=O) groups excluding carboxylic acids is 1. The van der Waals surface area contributed by atoms with Gasteiger partial charge in [0.25, 0.3) is 5.91 Å². The van der Waals surface area contributed by atoms with Crippen molar-refractivity contribution in [1.82, 2.24) is 4.90 Å². The zero-order valence-electron chi connectivity index (χ0n) is 11.3. The smallest absolute Gasteiger partial charge is 0.254 e. The van der Waals surface area contributed by atoms with Crippen molar-refractivity contribution in [3.05, 3.63) is 56.2 Å². The summed E-state index contributed by atoms with van der Waals surface area (Å²) >= 11 is 5.20. The predicted molar refractivity (Wildman–Crippen MR) is 86.2 cm³/mol. The van der Waals surface area contributed by atoms with Gasteiger partial charge >= 0.3 is 0 Å². The van der Waals surface area contributed by atoms with Gasteiger partial charge in [-0.3, -0.25) is 4.79 Å². The molecule has 1 aromatic carbocycles. The molecule has 4 heteroatoms. The van der Waals surface area contributed by atoms with Crippen molar-refractivity contribution in [2.45, 2.75) is 25.8 Å². The van der Waals surface area contributed by atoms with E-state index in [4.69, 9.17) is 0 Å². The summed E-state index contributed by atoms with van der Waals surface area (Å²) in [4.78, 5) is 14.7. The first-order valence-corrected chi connectivity index (χ1v) is 8.49. The molecule has 2 nitrogen and oxygen atoms in total. The van der Waals surface area contributed by atoms with Crippen molar-refractivity contribution < 1.29 is 4.79 Å². The second kappa shape index (κ2) is 5.70. The van der Waals surface area contributed by atoms with Gasteiger partial charge in [-0.05, 0) is 59.9 Å². The molecule has 1 fully saturated rings. The number of benzene rings is 1. The highest BCUT2D eigenvalue weighted by Crippen LogP contribution is 2.34. The molecular formula is C16H16BrNOS. The van der Waals surface area contributed by atoms with E-state index in [-0.39, 0.29) is 11.9 Å². The normalized spacial score (nSPS) is 18.5. The fourth-order valence-corrected chi connectivity index (χ4v) is 3.80. The van der Waals surface area contributed by atoms with Crippen molar-refractivity contribution in [2.75, 3.05) is 6.54 Å². The Hall–Kier alpha value is -1.13. The van der Waals surface area contributed by atoms with E-state index >= 15 is 0 Å². The highest BCUT2D eigenvalue weighted by molar-refractivity contribution is 9.10. The van der Waals surface area contributed by atoms with Crippen molar-refractivity contribution in [3.63, 3.8) is 0 Å². The molecule has 1 unspecified atom stereocenters. The largest absolute Gasteiger partial charge is 0.332 e. The first-order chi connectivity index (χ1) is 9.66. The molecule has 3 rings (SSSR count). The Kier molecular flexibility index (Phi) is 3.94. The van der Waals surface area contributed by atoms with Crippen LogP contribution in [0.3, 0.4) is 0 Å². The number of aryl methyl sites for hydroxylation is 1. The Morgan fingerprint density at radius 2 is 2.25 bits per heavy atom. The van der Waals surface area contributed by atoms with Gasteiger partial charge < -0.3 is 4.90 Å². The van der Waals surface area contributed by atoms with Gasteiger partial charge in [0, 0.05) is 16.6 Å². The molecule has 0 aliphatic carbocycles. The van der Waals surface area contributed by atoms with Crippen molar-refractivity contribution in [2.24, 2.45) is 0 Å².